The largest absolute Gasteiger partial charge is 0.478 e. The van der Waals surface area contributed by atoms with Crippen LogP contribution in [0, 0.1) is 6.92 Å². The average molecular weight is 298 g/mol. The summed E-state index contributed by atoms with van der Waals surface area (Å²) in [4.78, 5) is 10.7. The molecule has 3 N–H and O–H groups in total. The van der Waals surface area contributed by atoms with Gasteiger partial charge in [0.15, 0.2) is 0 Å². The molecule has 1 aromatic rings. The summed E-state index contributed by atoms with van der Waals surface area (Å²) in [6.45, 7) is 1.18. The number of nitrogens with two attached hydrogens (primary N) is 1. The molecule has 1 aromatic carbocycles. The van der Waals surface area contributed by atoms with E-state index in [9.17, 15) is 18.0 Å². The number of hydrogen-bond donors (Lipinski definition) is 2. The number of nitrogen functional groups attached to an aromatic ring is 1. The van der Waals surface area contributed by atoms with Gasteiger partial charge >= 0.3 is 12.1 Å². The zero-order valence-electron chi connectivity index (χ0n) is 8.02. The fourth-order valence-electron chi connectivity index (χ4n) is 1.32. The number of aryl methyl sites for hydroxylation is 1. The second kappa shape index (κ2) is 3.97. The molecule has 0 saturated heterocycles. The lowest BCUT2D eigenvalue weighted by Gasteiger charge is -2.15. The first kappa shape index (κ1) is 12.8. The number of rotatable bonds is 1. The fraction of sp³-hybridized carbons (Fsp3) is 0.222. The molecular formula is C9H7BrF3NO2. The van der Waals surface area contributed by atoms with Gasteiger partial charge in [-0.05, 0) is 34.5 Å². The summed E-state index contributed by atoms with van der Waals surface area (Å²) in [6, 6.07) is 0.908. The van der Waals surface area contributed by atoms with Crippen LogP contribution in [-0.2, 0) is 6.18 Å². The summed E-state index contributed by atoms with van der Waals surface area (Å²) in [5.74, 6) is -1.37. The smallest absolute Gasteiger partial charge is 0.417 e. The van der Waals surface area contributed by atoms with Crippen molar-refractivity contribution in [3.8, 4) is 0 Å². The van der Waals surface area contributed by atoms with Crippen LogP contribution in [0.15, 0.2) is 10.5 Å². The first-order valence-electron chi connectivity index (χ1n) is 4.05. The molecule has 0 radical (unpaired) electrons. The molecule has 0 saturated carbocycles. The first-order chi connectivity index (χ1) is 7.16. The van der Waals surface area contributed by atoms with E-state index >= 15 is 0 Å². The Labute approximate surface area is 97.2 Å². The van der Waals surface area contributed by atoms with Crippen molar-refractivity contribution in [1.29, 1.82) is 0 Å². The summed E-state index contributed by atoms with van der Waals surface area (Å²) < 4.78 is 37.3. The Morgan fingerprint density at radius 1 is 1.50 bits per heavy atom. The van der Waals surface area contributed by atoms with E-state index < -0.39 is 27.9 Å². The SMILES string of the molecule is Cc1cc(C(=O)O)c(N)c(Br)c1C(F)(F)F. The Hall–Kier alpha value is -1.24. The summed E-state index contributed by atoms with van der Waals surface area (Å²) in [6.07, 6.45) is -4.58. The summed E-state index contributed by atoms with van der Waals surface area (Å²) in [7, 11) is 0. The Morgan fingerprint density at radius 3 is 2.38 bits per heavy atom. The van der Waals surface area contributed by atoms with Gasteiger partial charge in [0.25, 0.3) is 0 Å². The summed E-state index contributed by atoms with van der Waals surface area (Å²) in [5.41, 5.74) is 3.41. The molecule has 88 valence electrons. The van der Waals surface area contributed by atoms with E-state index in [2.05, 4.69) is 15.9 Å². The van der Waals surface area contributed by atoms with E-state index in [0.717, 1.165) is 6.07 Å². The van der Waals surface area contributed by atoms with Crippen LogP contribution in [0.25, 0.3) is 0 Å². The molecule has 0 unspecified atom stereocenters. The summed E-state index contributed by atoms with van der Waals surface area (Å²) >= 11 is 2.68. The Balaban J connectivity index is 3.59. The second-order valence-corrected chi connectivity index (χ2v) is 3.94. The number of anilines is 1. The number of hydrogen-bond acceptors (Lipinski definition) is 2. The molecule has 0 atom stereocenters. The van der Waals surface area contributed by atoms with Gasteiger partial charge in [0.2, 0.25) is 0 Å². The third-order valence-corrected chi connectivity index (χ3v) is 2.84. The Morgan fingerprint density at radius 2 is 2.00 bits per heavy atom. The van der Waals surface area contributed by atoms with Gasteiger partial charge in [-0.2, -0.15) is 13.2 Å². The van der Waals surface area contributed by atoms with E-state index in [0.29, 0.717) is 0 Å². The minimum absolute atomic E-state index is 0.189. The minimum atomic E-state index is -4.58. The minimum Gasteiger partial charge on any atom is -0.478 e. The lowest BCUT2D eigenvalue weighted by Crippen LogP contribution is -2.13. The normalized spacial score (nSPS) is 11.6. The molecule has 0 bridgehead atoms. The van der Waals surface area contributed by atoms with Gasteiger partial charge in [-0.15, -0.1) is 0 Å². The maximum atomic E-state index is 12.6. The van der Waals surface area contributed by atoms with Gasteiger partial charge < -0.3 is 10.8 Å². The van der Waals surface area contributed by atoms with Crippen LogP contribution in [0.1, 0.15) is 21.5 Å². The van der Waals surface area contributed by atoms with Crippen molar-refractivity contribution in [1.82, 2.24) is 0 Å². The van der Waals surface area contributed by atoms with Crippen molar-refractivity contribution < 1.29 is 23.1 Å². The zero-order chi connectivity index (χ0) is 12.7. The van der Waals surface area contributed by atoms with Gasteiger partial charge in [0, 0.05) is 0 Å². The summed E-state index contributed by atoms with van der Waals surface area (Å²) in [5, 5.41) is 8.73. The third kappa shape index (κ3) is 2.13. The van der Waals surface area contributed by atoms with Gasteiger partial charge in [0.05, 0.1) is 21.3 Å². The predicted molar refractivity (Wildman–Crippen MR) is 55.3 cm³/mol. The Kier molecular flexibility index (Phi) is 3.18. The number of carbonyl (C=O) groups is 1. The van der Waals surface area contributed by atoms with E-state index in [-0.39, 0.29) is 11.1 Å². The van der Waals surface area contributed by atoms with Gasteiger partial charge in [-0.1, -0.05) is 0 Å². The number of carboxylic acids is 1. The highest BCUT2D eigenvalue weighted by molar-refractivity contribution is 9.10. The van der Waals surface area contributed by atoms with Crippen LogP contribution >= 0.6 is 15.9 Å². The molecule has 0 aliphatic heterocycles. The number of carboxylic acid groups (broad SMARTS) is 1. The maximum absolute atomic E-state index is 12.6. The predicted octanol–water partition coefficient (Wildman–Crippen LogP) is 3.06. The number of benzene rings is 1. The second-order valence-electron chi connectivity index (χ2n) is 3.15. The third-order valence-electron chi connectivity index (χ3n) is 2.02. The van der Waals surface area contributed by atoms with Crippen LogP contribution in [-0.4, -0.2) is 11.1 Å². The lowest BCUT2D eigenvalue weighted by atomic mass is 10.0. The monoisotopic (exact) mass is 297 g/mol. The molecule has 0 aromatic heterocycles. The highest BCUT2D eigenvalue weighted by atomic mass is 79.9. The standard InChI is InChI=1S/C9H7BrF3NO2/c1-3-2-4(8(15)16)7(14)6(10)5(3)9(11,12)13/h2H,14H2,1H3,(H,15,16). The van der Waals surface area contributed by atoms with Gasteiger partial charge in [-0.3, -0.25) is 0 Å². The van der Waals surface area contributed by atoms with Crippen LogP contribution in [0.3, 0.4) is 0 Å². The van der Waals surface area contributed by atoms with E-state index in [1.165, 1.54) is 6.92 Å². The van der Waals surface area contributed by atoms with E-state index in [1.807, 2.05) is 0 Å². The lowest BCUT2D eigenvalue weighted by molar-refractivity contribution is -0.138. The van der Waals surface area contributed by atoms with Crippen LogP contribution in [0.2, 0.25) is 0 Å². The van der Waals surface area contributed by atoms with Crippen molar-refractivity contribution >= 4 is 27.6 Å². The first-order valence-corrected chi connectivity index (χ1v) is 4.84. The molecule has 0 heterocycles. The molecule has 0 aliphatic rings. The van der Waals surface area contributed by atoms with Crippen LogP contribution < -0.4 is 5.73 Å². The Bertz CT molecular complexity index is 457. The molecule has 0 amide bonds. The molecular weight excluding hydrogens is 291 g/mol. The molecule has 0 spiro atoms. The van der Waals surface area contributed by atoms with Crippen molar-refractivity contribution in [3.05, 3.63) is 27.2 Å². The molecule has 1 rings (SSSR count). The zero-order valence-corrected chi connectivity index (χ0v) is 9.61. The van der Waals surface area contributed by atoms with E-state index in [1.54, 1.807) is 0 Å². The molecule has 0 fully saturated rings. The quantitative estimate of drug-likeness (QED) is 0.783. The molecule has 3 nitrogen and oxygen atoms in total. The van der Waals surface area contributed by atoms with Crippen molar-refractivity contribution in [2.45, 2.75) is 13.1 Å². The van der Waals surface area contributed by atoms with E-state index in [4.69, 9.17) is 10.8 Å². The number of alkyl halides is 3. The topological polar surface area (TPSA) is 63.3 Å². The van der Waals surface area contributed by atoms with Crippen LogP contribution in [0.5, 0.6) is 0 Å². The highest BCUT2D eigenvalue weighted by Crippen LogP contribution is 2.41. The molecule has 16 heavy (non-hydrogen) atoms. The van der Waals surface area contributed by atoms with Gasteiger partial charge in [0.1, 0.15) is 0 Å². The van der Waals surface area contributed by atoms with Crippen molar-refractivity contribution in [2.75, 3.05) is 5.73 Å². The van der Waals surface area contributed by atoms with Crippen molar-refractivity contribution in [3.63, 3.8) is 0 Å². The molecule has 7 heteroatoms. The van der Waals surface area contributed by atoms with Crippen LogP contribution in [0.4, 0.5) is 18.9 Å². The highest BCUT2D eigenvalue weighted by Gasteiger charge is 2.36. The maximum Gasteiger partial charge on any atom is 0.417 e. The van der Waals surface area contributed by atoms with Gasteiger partial charge in [-0.25, -0.2) is 4.79 Å². The van der Waals surface area contributed by atoms with Crippen molar-refractivity contribution in [2.24, 2.45) is 0 Å². The molecule has 0 aliphatic carbocycles. The number of halogens is 4. The fourth-order valence-corrected chi connectivity index (χ4v) is 2.07. The number of aromatic carboxylic acids is 1. The average Bonchev–Trinajstić information content (AvgIpc) is 2.08.